The Morgan fingerprint density at radius 2 is 1.86 bits per heavy atom. The first-order valence-electron chi connectivity index (χ1n) is 6.11. The minimum atomic E-state index is -3.69. The first-order valence-corrected chi connectivity index (χ1v) is 8.79. The fourth-order valence-electron chi connectivity index (χ4n) is 2.11. The van der Waals surface area contributed by atoms with Crippen LogP contribution in [0, 0.1) is 6.92 Å². The third-order valence-electron chi connectivity index (χ3n) is 3.01. The number of nitrogens with zero attached hydrogens (tertiary/aromatic N) is 1. The molecule has 108 valence electrons. The molecular formula is C14H11ClN2O2S2. The first-order chi connectivity index (χ1) is 9.97. The fraction of sp³-hybridized carbons (Fsp3) is 0.0714. The Labute approximate surface area is 131 Å². The zero-order valence-electron chi connectivity index (χ0n) is 11.0. The van der Waals surface area contributed by atoms with Crippen molar-refractivity contribution in [1.82, 2.24) is 4.98 Å². The highest BCUT2D eigenvalue weighted by molar-refractivity contribution is 7.94. The molecule has 0 saturated heterocycles. The maximum absolute atomic E-state index is 12.5. The number of hydrogen-bond donors (Lipinski definition) is 1. The quantitative estimate of drug-likeness (QED) is 0.783. The number of halogens is 1. The van der Waals surface area contributed by atoms with Gasteiger partial charge in [-0.25, -0.2) is 13.4 Å². The van der Waals surface area contributed by atoms with Crippen LogP contribution in [0.3, 0.4) is 0 Å². The van der Waals surface area contributed by atoms with Crippen LogP contribution in [0.5, 0.6) is 0 Å². The number of rotatable bonds is 3. The van der Waals surface area contributed by atoms with E-state index in [4.69, 9.17) is 11.6 Å². The second-order valence-electron chi connectivity index (χ2n) is 4.47. The van der Waals surface area contributed by atoms with E-state index in [0.29, 0.717) is 11.4 Å². The molecule has 3 aromatic rings. The highest BCUT2D eigenvalue weighted by Gasteiger charge is 2.22. The molecule has 21 heavy (non-hydrogen) atoms. The number of thiazole rings is 1. The molecule has 7 heteroatoms. The number of aromatic nitrogens is 1. The Morgan fingerprint density at radius 1 is 1.14 bits per heavy atom. The smallest absolute Gasteiger partial charge is 0.273 e. The molecular weight excluding hydrogens is 328 g/mol. The van der Waals surface area contributed by atoms with Gasteiger partial charge in [0, 0.05) is 5.39 Å². The molecule has 0 saturated carbocycles. The predicted molar refractivity (Wildman–Crippen MR) is 86.6 cm³/mol. The molecule has 0 aliphatic heterocycles. The minimum Gasteiger partial charge on any atom is -0.278 e. The number of fused-ring (bicyclic) bond motifs is 1. The fourth-order valence-corrected chi connectivity index (χ4v) is 4.93. The summed E-state index contributed by atoms with van der Waals surface area (Å²) in [6.45, 7) is 1.63. The summed E-state index contributed by atoms with van der Waals surface area (Å²) >= 11 is 6.73. The Bertz CT molecular complexity index is 914. The lowest BCUT2D eigenvalue weighted by Crippen LogP contribution is -2.12. The van der Waals surface area contributed by atoms with Gasteiger partial charge in [0.1, 0.15) is 0 Å². The summed E-state index contributed by atoms with van der Waals surface area (Å²) in [6, 6.07) is 13.1. The van der Waals surface area contributed by atoms with Gasteiger partial charge in [0.15, 0.2) is 8.68 Å². The zero-order valence-corrected chi connectivity index (χ0v) is 13.4. The van der Waals surface area contributed by atoms with Crippen LogP contribution in [0.25, 0.3) is 10.8 Å². The van der Waals surface area contributed by atoms with Crippen molar-refractivity contribution >= 4 is 49.4 Å². The predicted octanol–water partition coefficient (Wildman–Crippen LogP) is 4.06. The van der Waals surface area contributed by atoms with E-state index in [1.807, 2.05) is 36.4 Å². The highest BCUT2D eigenvalue weighted by Crippen LogP contribution is 2.30. The third-order valence-corrected chi connectivity index (χ3v) is 6.24. The molecule has 0 radical (unpaired) electrons. The van der Waals surface area contributed by atoms with Crippen molar-refractivity contribution in [2.24, 2.45) is 0 Å². The summed E-state index contributed by atoms with van der Waals surface area (Å²) < 4.78 is 27.9. The second-order valence-corrected chi connectivity index (χ2v) is 7.93. The maximum atomic E-state index is 12.5. The van der Waals surface area contributed by atoms with Gasteiger partial charge in [0.05, 0.1) is 11.4 Å². The molecule has 3 rings (SSSR count). The van der Waals surface area contributed by atoms with Crippen molar-refractivity contribution in [2.45, 2.75) is 11.1 Å². The van der Waals surface area contributed by atoms with Gasteiger partial charge in [-0.2, -0.15) is 0 Å². The number of aryl methyl sites for hydroxylation is 1. The van der Waals surface area contributed by atoms with E-state index in [1.54, 1.807) is 13.0 Å². The van der Waals surface area contributed by atoms with Crippen LogP contribution in [-0.4, -0.2) is 13.4 Å². The molecule has 0 bridgehead atoms. The normalized spacial score (nSPS) is 11.7. The van der Waals surface area contributed by atoms with Gasteiger partial charge < -0.3 is 0 Å². The van der Waals surface area contributed by atoms with Gasteiger partial charge in [-0.05, 0) is 18.4 Å². The topological polar surface area (TPSA) is 59.1 Å². The lowest BCUT2D eigenvalue weighted by molar-refractivity contribution is 0.602. The molecule has 0 atom stereocenters. The minimum absolute atomic E-state index is 0.139. The van der Waals surface area contributed by atoms with Crippen LogP contribution in [-0.2, 0) is 10.0 Å². The summed E-state index contributed by atoms with van der Waals surface area (Å²) in [5, 5.41) is 1.81. The lowest BCUT2D eigenvalue weighted by atomic mass is 10.1. The molecule has 1 N–H and O–H groups in total. The Hall–Kier alpha value is -1.63. The van der Waals surface area contributed by atoms with Crippen molar-refractivity contribution in [2.75, 3.05) is 4.72 Å². The van der Waals surface area contributed by atoms with Crippen LogP contribution >= 0.6 is 22.9 Å². The van der Waals surface area contributed by atoms with Gasteiger partial charge in [0.2, 0.25) is 0 Å². The van der Waals surface area contributed by atoms with Crippen LogP contribution in [0.4, 0.5) is 5.69 Å². The Kier molecular flexibility index (Phi) is 3.61. The number of benzene rings is 2. The van der Waals surface area contributed by atoms with Gasteiger partial charge in [-0.3, -0.25) is 4.72 Å². The zero-order chi connectivity index (χ0) is 15.0. The lowest BCUT2D eigenvalue weighted by Gasteiger charge is -2.09. The molecule has 2 aromatic carbocycles. The number of hydrogen-bond acceptors (Lipinski definition) is 4. The van der Waals surface area contributed by atoms with Gasteiger partial charge >= 0.3 is 0 Å². The van der Waals surface area contributed by atoms with E-state index in [9.17, 15) is 8.42 Å². The summed E-state index contributed by atoms with van der Waals surface area (Å²) in [4.78, 5) is 3.95. The summed E-state index contributed by atoms with van der Waals surface area (Å²) in [6.07, 6.45) is 0. The SMILES string of the molecule is Cc1nc(Cl)sc1S(=O)(=O)Nc1cccc2ccccc12. The molecule has 1 aromatic heterocycles. The highest BCUT2D eigenvalue weighted by atomic mass is 35.5. The number of nitrogens with one attached hydrogen (secondary N) is 1. The number of anilines is 1. The van der Waals surface area contributed by atoms with Gasteiger partial charge in [0.25, 0.3) is 10.0 Å². The summed E-state index contributed by atoms with van der Waals surface area (Å²) in [5.74, 6) is 0. The largest absolute Gasteiger partial charge is 0.278 e. The monoisotopic (exact) mass is 338 g/mol. The molecule has 0 aliphatic rings. The van der Waals surface area contributed by atoms with E-state index in [2.05, 4.69) is 9.71 Å². The molecule has 0 fully saturated rings. The van der Waals surface area contributed by atoms with Crippen molar-refractivity contribution < 1.29 is 8.42 Å². The van der Waals surface area contributed by atoms with E-state index in [-0.39, 0.29) is 8.68 Å². The van der Waals surface area contributed by atoms with Gasteiger partial charge in [-0.1, -0.05) is 59.3 Å². The van der Waals surface area contributed by atoms with E-state index >= 15 is 0 Å². The van der Waals surface area contributed by atoms with Gasteiger partial charge in [-0.15, -0.1) is 0 Å². The van der Waals surface area contributed by atoms with E-state index in [1.165, 1.54) is 0 Å². The molecule has 0 amide bonds. The Morgan fingerprint density at radius 3 is 2.57 bits per heavy atom. The van der Waals surface area contributed by atoms with Crippen LogP contribution in [0.2, 0.25) is 4.47 Å². The van der Waals surface area contributed by atoms with Crippen molar-refractivity contribution in [3.8, 4) is 0 Å². The summed E-state index contributed by atoms with van der Waals surface area (Å²) in [7, 11) is -3.69. The molecule has 0 aliphatic carbocycles. The number of sulfonamides is 1. The third kappa shape index (κ3) is 2.74. The van der Waals surface area contributed by atoms with E-state index in [0.717, 1.165) is 22.1 Å². The van der Waals surface area contributed by atoms with E-state index < -0.39 is 10.0 Å². The van der Waals surface area contributed by atoms with Crippen molar-refractivity contribution in [3.63, 3.8) is 0 Å². The van der Waals surface area contributed by atoms with Crippen LogP contribution < -0.4 is 4.72 Å². The molecule has 1 heterocycles. The van der Waals surface area contributed by atoms with Crippen LogP contribution in [0.1, 0.15) is 5.69 Å². The maximum Gasteiger partial charge on any atom is 0.273 e. The molecule has 0 spiro atoms. The Balaban J connectivity index is 2.08. The first kappa shape index (κ1) is 14.3. The molecule has 4 nitrogen and oxygen atoms in total. The van der Waals surface area contributed by atoms with Crippen molar-refractivity contribution in [3.05, 3.63) is 52.6 Å². The van der Waals surface area contributed by atoms with Crippen molar-refractivity contribution in [1.29, 1.82) is 0 Å². The average molecular weight is 339 g/mol. The molecule has 0 unspecified atom stereocenters. The standard InChI is InChI=1S/C14H11ClN2O2S2/c1-9-13(20-14(15)16-9)21(18,19)17-12-8-4-6-10-5-2-3-7-11(10)12/h2-8,17H,1H3. The average Bonchev–Trinajstić information content (AvgIpc) is 2.79. The van der Waals surface area contributed by atoms with Crippen LogP contribution in [0.15, 0.2) is 46.7 Å². The second kappa shape index (κ2) is 5.29. The summed E-state index contributed by atoms with van der Waals surface area (Å²) in [5.41, 5.74) is 0.940.